The Hall–Kier alpha value is -2.24. The Morgan fingerprint density at radius 3 is 2.81 bits per heavy atom. The van der Waals surface area contributed by atoms with E-state index in [1.54, 1.807) is 0 Å². The summed E-state index contributed by atoms with van der Waals surface area (Å²) in [5, 5.41) is 2.61. The number of nitrogens with zero attached hydrogens (tertiary/aromatic N) is 4. The van der Waals surface area contributed by atoms with Gasteiger partial charge < -0.3 is 0 Å². The van der Waals surface area contributed by atoms with Crippen LogP contribution in [0.15, 0.2) is 35.9 Å². The molecule has 0 N–H and O–H groups in total. The van der Waals surface area contributed by atoms with Crippen LogP contribution in [0, 0.1) is 10.7 Å². The van der Waals surface area contributed by atoms with Crippen molar-refractivity contribution in [3.05, 3.63) is 47.1 Å². The molecule has 2 heterocycles. The van der Waals surface area contributed by atoms with Crippen LogP contribution in [0.25, 0.3) is 11.4 Å². The maximum absolute atomic E-state index is 13.2. The van der Waals surface area contributed by atoms with Crippen LogP contribution in [0.4, 0.5) is 4.39 Å². The van der Waals surface area contributed by atoms with Gasteiger partial charge >= 0.3 is 0 Å². The van der Waals surface area contributed by atoms with Gasteiger partial charge in [-0.1, -0.05) is 5.18 Å². The predicted octanol–water partition coefficient (Wildman–Crippen LogP) is 1.94. The quantitative estimate of drug-likeness (QED) is 0.738. The van der Waals surface area contributed by atoms with Gasteiger partial charge in [0.05, 0.1) is 11.9 Å². The molecule has 2 aromatic heterocycles. The number of rotatable bonds is 3. The summed E-state index contributed by atoms with van der Waals surface area (Å²) >= 11 is 0. The van der Waals surface area contributed by atoms with E-state index in [2.05, 4.69) is 20.1 Å². The highest BCUT2D eigenvalue weighted by Crippen LogP contribution is 2.15. The van der Waals surface area contributed by atoms with Gasteiger partial charge in [-0.05, 0) is 12.1 Å². The molecule has 0 aliphatic rings. The Balaban J connectivity index is 2.43. The minimum atomic E-state index is -0.549. The minimum absolute atomic E-state index is 0.0122. The van der Waals surface area contributed by atoms with Gasteiger partial charge in [-0.2, -0.15) is 4.91 Å². The molecule has 0 aliphatic carbocycles. The van der Waals surface area contributed by atoms with Crippen molar-refractivity contribution in [3.63, 3.8) is 0 Å². The van der Waals surface area contributed by atoms with Gasteiger partial charge in [0.15, 0.2) is 0 Å². The maximum Gasteiger partial charge on any atom is 0.146 e. The Morgan fingerprint density at radius 2 is 2.12 bits per heavy atom. The molecular weight excluding hydrogens is 211 g/mol. The monoisotopic (exact) mass is 218 g/mol. The largest absolute Gasteiger partial charge is 0.261 e. The zero-order valence-electron chi connectivity index (χ0n) is 8.17. The molecule has 0 bridgehead atoms. The Bertz CT molecular complexity index is 503. The van der Waals surface area contributed by atoms with E-state index >= 15 is 0 Å². The molecule has 2 aromatic rings. The summed E-state index contributed by atoms with van der Waals surface area (Å²) in [4.78, 5) is 22.0. The Morgan fingerprint density at radius 1 is 1.25 bits per heavy atom. The van der Waals surface area contributed by atoms with Gasteiger partial charge in [0, 0.05) is 12.4 Å². The molecule has 2 rings (SSSR count). The van der Waals surface area contributed by atoms with Gasteiger partial charge in [-0.15, -0.1) is 0 Å². The molecule has 80 valence electrons. The number of nitroso groups, excluding NO2 is 1. The first-order chi connectivity index (χ1) is 7.81. The van der Waals surface area contributed by atoms with Crippen molar-refractivity contribution in [3.8, 4) is 11.4 Å². The summed E-state index contributed by atoms with van der Waals surface area (Å²) in [5.41, 5.74) is 1.00. The summed E-state index contributed by atoms with van der Waals surface area (Å²) in [6, 6.07) is 2.71. The third-order valence-electron chi connectivity index (χ3n) is 1.96. The van der Waals surface area contributed by atoms with Crippen LogP contribution >= 0.6 is 0 Å². The first-order valence-electron chi connectivity index (χ1n) is 4.52. The van der Waals surface area contributed by atoms with Crippen LogP contribution in [-0.2, 0) is 6.54 Å². The van der Waals surface area contributed by atoms with Crippen molar-refractivity contribution in [2.75, 3.05) is 0 Å². The molecule has 0 spiro atoms. The minimum Gasteiger partial charge on any atom is -0.261 e. The normalized spacial score (nSPS) is 10.1. The zero-order chi connectivity index (χ0) is 11.4. The highest BCUT2D eigenvalue weighted by atomic mass is 19.1. The summed E-state index contributed by atoms with van der Waals surface area (Å²) in [6.07, 6.45) is 4.55. The second kappa shape index (κ2) is 4.52. The number of hydrogen-bond acceptors (Lipinski definition) is 5. The maximum atomic E-state index is 13.2. The van der Waals surface area contributed by atoms with Crippen LogP contribution in [0.2, 0.25) is 0 Å². The van der Waals surface area contributed by atoms with Crippen LogP contribution in [0.5, 0.6) is 0 Å². The number of hydrogen-bond donors (Lipinski definition) is 0. The fourth-order valence-corrected chi connectivity index (χ4v) is 1.23. The highest BCUT2D eigenvalue weighted by molar-refractivity contribution is 5.52. The predicted molar refractivity (Wildman–Crippen MR) is 54.7 cm³/mol. The Kier molecular flexibility index (Phi) is 2.90. The lowest BCUT2D eigenvalue weighted by atomic mass is 10.2. The van der Waals surface area contributed by atoms with Gasteiger partial charge in [-0.3, -0.25) is 9.97 Å². The van der Waals surface area contributed by atoms with Crippen molar-refractivity contribution in [2.24, 2.45) is 5.18 Å². The second-order valence-electron chi connectivity index (χ2n) is 3.00. The molecule has 0 radical (unpaired) electrons. The van der Waals surface area contributed by atoms with E-state index in [-0.39, 0.29) is 12.2 Å². The summed E-state index contributed by atoms with van der Waals surface area (Å²) in [5.74, 6) is -0.549. The lowest BCUT2D eigenvalue weighted by molar-refractivity contribution is 0.600. The fourth-order valence-electron chi connectivity index (χ4n) is 1.23. The van der Waals surface area contributed by atoms with E-state index in [0.29, 0.717) is 11.4 Å². The molecule has 16 heavy (non-hydrogen) atoms. The van der Waals surface area contributed by atoms with Crippen molar-refractivity contribution >= 4 is 0 Å². The second-order valence-corrected chi connectivity index (χ2v) is 3.00. The van der Waals surface area contributed by atoms with Crippen molar-refractivity contribution in [1.29, 1.82) is 0 Å². The van der Waals surface area contributed by atoms with Crippen LogP contribution in [0.1, 0.15) is 5.69 Å². The fraction of sp³-hybridized carbons (Fsp3) is 0.100. The standard InChI is InChI=1S/C10H7FN4O/c11-7-1-2-8(15-9(7)6-14-16)10-5-12-3-4-13-10/h1-5H,6H2. The van der Waals surface area contributed by atoms with Crippen molar-refractivity contribution < 1.29 is 4.39 Å². The highest BCUT2D eigenvalue weighted by Gasteiger charge is 2.07. The van der Waals surface area contributed by atoms with E-state index in [9.17, 15) is 9.30 Å². The van der Waals surface area contributed by atoms with E-state index in [1.807, 2.05) is 0 Å². The molecule has 0 unspecified atom stereocenters. The van der Waals surface area contributed by atoms with Crippen LogP contribution in [-0.4, -0.2) is 15.0 Å². The molecule has 0 saturated heterocycles. The summed E-state index contributed by atoms with van der Waals surface area (Å²) in [6.45, 7) is -0.292. The zero-order valence-corrected chi connectivity index (χ0v) is 8.17. The molecule has 0 atom stereocenters. The lowest BCUT2D eigenvalue weighted by Gasteiger charge is -2.01. The van der Waals surface area contributed by atoms with Crippen molar-refractivity contribution in [2.45, 2.75) is 6.54 Å². The van der Waals surface area contributed by atoms with E-state index in [0.717, 1.165) is 0 Å². The first-order valence-corrected chi connectivity index (χ1v) is 4.52. The summed E-state index contributed by atoms with van der Waals surface area (Å²) < 4.78 is 13.2. The molecule has 0 aliphatic heterocycles. The topological polar surface area (TPSA) is 68.1 Å². The number of pyridine rings is 1. The molecule has 5 nitrogen and oxygen atoms in total. The molecule has 0 amide bonds. The van der Waals surface area contributed by atoms with Gasteiger partial charge in [0.1, 0.15) is 23.7 Å². The van der Waals surface area contributed by atoms with Crippen molar-refractivity contribution in [1.82, 2.24) is 15.0 Å². The molecule has 0 saturated carbocycles. The van der Waals surface area contributed by atoms with Gasteiger partial charge in [0.2, 0.25) is 0 Å². The summed E-state index contributed by atoms with van der Waals surface area (Å²) in [7, 11) is 0. The lowest BCUT2D eigenvalue weighted by Crippen LogP contribution is -1.96. The molecule has 0 fully saturated rings. The van der Waals surface area contributed by atoms with Gasteiger partial charge in [-0.25, -0.2) is 9.37 Å². The first kappa shape index (κ1) is 10.3. The molecule has 0 aromatic carbocycles. The average Bonchev–Trinajstić information content (AvgIpc) is 2.33. The van der Waals surface area contributed by atoms with E-state index < -0.39 is 5.82 Å². The molecular formula is C10H7FN4O. The average molecular weight is 218 g/mol. The van der Waals surface area contributed by atoms with Gasteiger partial charge in [0.25, 0.3) is 0 Å². The van der Waals surface area contributed by atoms with Crippen LogP contribution in [0.3, 0.4) is 0 Å². The third kappa shape index (κ3) is 2.05. The smallest absolute Gasteiger partial charge is 0.146 e. The number of aromatic nitrogens is 3. The van der Waals surface area contributed by atoms with E-state index in [1.165, 1.54) is 30.7 Å². The molecule has 6 heteroatoms. The van der Waals surface area contributed by atoms with E-state index in [4.69, 9.17) is 0 Å². The number of halogens is 1. The van der Waals surface area contributed by atoms with Crippen LogP contribution < -0.4 is 0 Å². The SMILES string of the molecule is O=NCc1nc(-c2cnccn2)ccc1F. The Labute approximate surface area is 90.4 Å². The third-order valence-corrected chi connectivity index (χ3v) is 1.96.